The molecule has 1 aromatic carbocycles. The Labute approximate surface area is 158 Å². The molecule has 0 saturated carbocycles. The van der Waals surface area contributed by atoms with E-state index in [1.165, 1.54) is 18.4 Å². The molecule has 2 N–H and O–H groups in total. The lowest BCUT2D eigenvalue weighted by atomic mass is 9.95. The summed E-state index contributed by atoms with van der Waals surface area (Å²) in [6.07, 6.45) is 2.60. The highest BCUT2D eigenvalue weighted by Crippen LogP contribution is 2.19. The topological polar surface area (TPSA) is 67.2 Å². The molecule has 138 valence electrons. The number of rotatable bonds is 4. The largest absolute Gasteiger partial charge is 0.444 e. The van der Waals surface area contributed by atoms with Crippen LogP contribution < -0.4 is 10.6 Å². The second-order valence-electron chi connectivity index (χ2n) is 5.97. The van der Waals surface area contributed by atoms with Crippen LogP contribution in [0.2, 0.25) is 0 Å². The van der Waals surface area contributed by atoms with Gasteiger partial charge in [-0.05, 0) is 49.7 Å². The lowest BCUT2D eigenvalue weighted by Crippen LogP contribution is -2.48. The number of piperidine rings is 1. The Morgan fingerprint density at radius 1 is 1.36 bits per heavy atom. The third-order valence-corrected chi connectivity index (χ3v) is 4.12. The van der Waals surface area contributed by atoms with Crippen molar-refractivity contribution in [3.63, 3.8) is 0 Å². The second kappa shape index (κ2) is 9.75. The van der Waals surface area contributed by atoms with Crippen molar-refractivity contribution >= 4 is 30.7 Å². The highest BCUT2D eigenvalue weighted by Gasteiger charge is 2.23. The normalized spacial score (nSPS) is 19.4. The molecule has 2 aromatic rings. The van der Waals surface area contributed by atoms with Gasteiger partial charge in [-0.1, -0.05) is 6.92 Å². The molecule has 2 heterocycles. The van der Waals surface area contributed by atoms with Crippen LogP contribution in [-0.4, -0.2) is 30.0 Å². The van der Waals surface area contributed by atoms with E-state index in [9.17, 15) is 9.18 Å². The predicted molar refractivity (Wildman–Crippen MR) is 98.7 cm³/mol. The van der Waals surface area contributed by atoms with Gasteiger partial charge in [0.1, 0.15) is 12.1 Å². The van der Waals surface area contributed by atoms with Crippen LogP contribution in [0.4, 0.5) is 4.39 Å². The van der Waals surface area contributed by atoms with E-state index in [1.54, 1.807) is 12.1 Å². The van der Waals surface area contributed by atoms with Gasteiger partial charge in [-0.25, -0.2) is 9.37 Å². The van der Waals surface area contributed by atoms with Crippen LogP contribution in [0.1, 0.15) is 19.0 Å². The molecule has 1 aromatic heterocycles. The lowest BCUT2D eigenvalue weighted by molar-refractivity contribution is -0.121. The maximum atomic E-state index is 12.9. The molecule has 1 aliphatic heterocycles. The number of hydrogen-bond acceptors (Lipinski definition) is 4. The number of carbonyl (C=O) groups is 1. The molecule has 1 saturated heterocycles. The first kappa shape index (κ1) is 21.4. The highest BCUT2D eigenvalue weighted by molar-refractivity contribution is 5.85. The highest BCUT2D eigenvalue weighted by atomic mass is 35.5. The first-order chi connectivity index (χ1) is 11.1. The van der Waals surface area contributed by atoms with Crippen molar-refractivity contribution in [2.75, 3.05) is 13.1 Å². The van der Waals surface area contributed by atoms with Crippen molar-refractivity contribution in [1.82, 2.24) is 15.6 Å². The molecule has 1 amide bonds. The summed E-state index contributed by atoms with van der Waals surface area (Å²) in [5.74, 6) is 0.446. The fraction of sp³-hybridized carbons (Fsp3) is 0.412. The summed E-state index contributed by atoms with van der Waals surface area (Å²) in [4.78, 5) is 16.5. The number of carbonyl (C=O) groups excluding carboxylic acids is 1. The fourth-order valence-corrected chi connectivity index (χ4v) is 2.76. The Balaban J connectivity index is 0.00000156. The third kappa shape index (κ3) is 5.70. The standard InChI is InChI=1S/C17H20FN3O2.2ClH/c1-11-9-19-7-6-15(11)21-16(22)8-14-10-23-17(20-14)12-2-4-13(18)5-3-12;;/h2-5,10-11,15,19H,6-9H2,1H3,(H,21,22);2*1H. The maximum Gasteiger partial charge on any atom is 0.226 e. The van der Waals surface area contributed by atoms with Crippen LogP contribution in [0.15, 0.2) is 34.9 Å². The Kier molecular flexibility index (Phi) is 8.35. The second-order valence-corrected chi connectivity index (χ2v) is 5.97. The molecule has 0 spiro atoms. The van der Waals surface area contributed by atoms with E-state index >= 15 is 0 Å². The van der Waals surface area contributed by atoms with Gasteiger partial charge in [-0.15, -0.1) is 24.8 Å². The van der Waals surface area contributed by atoms with E-state index in [-0.39, 0.29) is 49.0 Å². The zero-order chi connectivity index (χ0) is 16.2. The molecule has 1 fully saturated rings. The van der Waals surface area contributed by atoms with Gasteiger partial charge in [0, 0.05) is 11.6 Å². The predicted octanol–water partition coefficient (Wildman–Crippen LogP) is 2.98. The zero-order valence-corrected chi connectivity index (χ0v) is 15.5. The summed E-state index contributed by atoms with van der Waals surface area (Å²) >= 11 is 0. The van der Waals surface area contributed by atoms with E-state index in [4.69, 9.17) is 4.42 Å². The molecule has 8 heteroatoms. The van der Waals surface area contributed by atoms with Crippen molar-refractivity contribution in [2.24, 2.45) is 5.92 Å². The quantitative estimate of drug-likeness (QED) is 0.843. The number of halogens is 3. The van der Waals surface area contributed by atoms with Gasteiger partial charge in [0.2, 0.25) is 11.8 Å². The minimum Gasteiger partial charge on any atom is -0.444 e. The Morgan fingerprint density at radius 3 is 2.76 bits per heavy atom. The van der Waals surface area contributed by atoms with E-state index in [0.29, 0.717) is 23.1 Å². The molecule has 5 nitrogen and oxygen atoms in total. The SMILES string of the molecule is CC1CNCCC1NC(=O)Cc1coc(-c2ccc(F)cc2)n1.Cl.Cl. The van der Waals surface area contributed by atoms with Gasteiger partial charge in [-0.2, -0.15) is 0 Å². The van der Waals surface area contributed by atoms with Crippen molar-refractivity contribution < 1.29 is 13.6 Å². The smallest absolute Gasteiger partial charge is 0.226 e. The average molecular weight is 390 g/mol. The monoisotopic (exact) mass is 389 g/mol. The van der Waals surface area contributed by atoms with Gasteiger partial charge in [0.25, 0.3) is 0 Å². The summed E-state index contributed by atoms with van der Waals surface area (Å²) in [5.41, 5.74) is 1.26. The number of oxazole rings is 1. The van der Waals surface area contributed by atoms with Crippen LogP contribution in [-0.2, 0) is 11.2 Å². The Morgan fingerprint density at radius 2 is 2.08 bits per heavy atom. The van der Waals surface area contributed by atoms with E-state index in [2.05, 4.69) is 22.5 Å². The van der Waals surface area contributed by atoms with Gasteiger partial charge in [0.05, 0.1) is 12.1 Å². The molecule has 25 heavy (non-hydrogen) atoms. The number of nitrogens with zero attached hydrogens (tertiary/aromatic N) is 1. The number of amides is 1. The molecule has 2 unspecified atom stereocenters. The Bertz CT molecular complexity index is 679. The molecular formula is C17H22Cl2FN3O2. The van der Waals surface area contributed by atoms with Crippen molar-refractivity contribution in [1.29, 1.82) is 0 Å². The summed E-state index contributed by atoms with van der Waals surface area (Å²) in [5, 5.41) is 6.37. The van der Waals surface area contributed by atoms with Gasteiger partial charge < -0.3 is 15.1 Å². The van der Waals surface area contributed by atoms with Crippen LogP contribution in [0.3, 0.4) is 0 Å². The molecule has 3 rings (SSSR count). The van der Waals surface area contributed by atoms with Gasteiger partial charge in [0.15, 0.2) is 0 Å². The molecule has 1 aliphatic rings. The number of benzene rings is 1. The third-order valence-electron chi connectivity index (χ3n) is 4.12. The lowest BCUT2D eigenvalue weighted by Gasteiger charge is -2.30. The Hall–Kier alpha value is -1.63. The number of hydrogen-bond donors (Lipinski definition) is 2. The first-order valence-electron chi connectivity index (χ1n) is 7.82. The van der Waals surface area contributed by atoms with E-state index in [0.717, 1.165) is 19.5 Å². The van der Waals surface area contributed by atoms with Crippen molar-refractivity contribution in [3.05, 3.63) is 42.0 Å². The summed E-state index contributed by atoms with van der Waals surface area (Å²) in [6.45, 7) is 3.97. The van der Waals surface area contributed by atoms with E-state index in [1.807, 2.05) is 0 Å². The summed E-state index contributed by atoms with van der Waals surface area (Å²) in [6, 6.07) is 6.10. The molecular weight excluding hydrogens is 368 g/mol. The van der Waals surface area contributed by atoms with Crippen molar-refractivity contribution in [3.8, 4) is 11.5 Å². The van der Waals surface area contributed by atoms with Gasteiger partial charge >= 0.3 is 0 Å². The van der Waals surface area contributed by atoms with E-state index < -0.39 is 0 Å². The minimum absolute atomic E-state index is 0. The minimum atomic E-state index is -0.309. The van der Waals surface area contributed by atoms with Crippen LogP contribution in [0.25, 0.3) is 11.5 Å². The average Bonchev–Trinajstić information content (AvgIpc) is 2.98. The van der Waals surface area contributed by atoms with Gasteiger partial charge in [-0.3, -0.25) is 4.79 Å². The first-order valence-corrected chi connectivity index (χ1v) is 7.82. The number of aromatic nitrogens is 1. The van der Waals surface area contributed by atoms with Crippen LogP contribution in [0.5, 0.6) is 0 Å². The van der Waals surface area contributed by atoms with Crippen LogP contribution in [0, 0.1) is 11.7 Å². The zero-order valence-electron chi connectivity index (χ0n) is 13.8. The molecule has 0 radical (unpaired) electrons. The molecule has 0 bridgehead atoms. The molecule has 2 atom stereocenters. The molecule has 0 aliphatic carbocycles. The van der Waals surface area contributed by atoms with Crippen LogP contribution >= 0.6 is 24.8 Å². The van der Waals surface area contributed by atoms with Crippen molar-refractivity contribution in [2.45, 2.75) is 25.8 Å². The summed E-state index contributed by atoms with van der Waals surface area (Å²) < 4.78 is 18.3. The number of nitrogens with one attached hydrogen (secondary N) is 2. The summed E-state index contributed by atoms with van der Waals surface area (Å²) in [7, 11) is 0. The maximum absolute atomic E-state index is 12.9. The fourth-order valence-electron chi connectivity index (χ4n) is 2.76.